The number of benzene rings is 1. The van der Waals surface area contributed by atoms with Crippen LogP contribution in [0.15, 0.2) is 29.2 Å². The molecule has 3 rings (SSSR count). The van der Waals surface area contributed by atoms with Crippen LogP contribution in [0.3, 0.4) is 0 Å². The van der Waals surface area contributed by atoms with Crippen LogP contribution in [0.4, 0.5) is 0 Å². The topological polar surface area (TPSA) is 95.0 Å². The van der Waals surface area contributed by atoms with Crippen LogP contribution in [0.25, 0.3) is 0 Å². The molecule has 26 heavy (non-hydrogen) atoms. The highest BCUT2D eigenvalue weighted by molar-refractivity contribution is 7.89. The Labute approximate surface area is 153 Å². The van der Waals surface area contributed by atoms with Gasteiger partial charge in [-0.15, -0.1) is 0 Å². The SMILES string of the molecule is O=C(O)[C@@H]1CCCN1C(=O)CCc1ccc(S(=O)(=O)N2CCCC2)cc1. The van der Waals surface area contributed by atoms with E-state index in [1.165, 1.54) is 9.21 Å². The van der Waals surface area contributed by atoms with Gasteiger partial charge in [-0.05, 0) is 49.8 Å². The van der Waals surface area contributed by atoms with Gasteiger partial charge < -0.3 is 10.0 Å². The van der Waals surface area contributed by atoms with Crippen LogP contribution in [-0.4, -0.2) is 60.3 Å². The molecule has 0 saturated carbocycles. The molecular weight excluding hydrogens is 356 g/mol. The molecule has 1 amide bonds. The van der Waals surface area contributed by atoms with Gasteiger partial charge in [0.15, 0.2) is 0 Å². The molecular formula is C18H24N2O5S. The Bertz CT molecular complexity index is 769. The molecule has 0 bridgehead atoms. The molecule has 7 nitrogen and oxygen atoms in total. The summed E-state index contributed by atoms with van der Waals surface area (Å²) in [6.45, 7) is 1.63. The van der Waals surface area contributed by atoms with Gasteiger partial charge in [0, 0.05) is 26.1 Å². The molecule has 0 radical (unpaired) electrons. The summed E-state index contributed by atoms with van der Waals surface area (Å²) in [5, 5.41) is 9.16. The van der Waals surface area contributed by atoms with Gasteiger partial charge >= 0.3 is 5.97 Å². The molecule has 2 saturated heterocycles. The number of carboxylic acids is 1. The Balaban J connectivity index is 1.59. The Kier molecular flexibility index (Phi) is 5.62. The third-order valence-corrected chi connectivity index (χ3v) is 7.02. The summed E-state index contributed by atoms with van der Waals surface area (Å²) in [4.78, 5) is 25.2. The molecule has 0 aliphatic carbocycles. The van der Waals surface area contributed by atoms with Gasteiger partial charge in [-0.2, -0.15) is 4.31 Å². The van der Waals surface area contributed by atoms with E-state index in [1.54, 1.807) is 24.3 Å². The molecule has 0 unspecified atom stereocenters. The number of carboxylic acid groups (broad SMARTS) is 1. The Morgan fingerprint density at radius 3 is 2.31 bits per heavy atom. The number of hydrogen-bond donors (Lipinski definition) is 1. The maximum Gasteiger partial charge on any atom is 0.326 e. The zero-order valence-corrected chi connectivity index (χ0v) is 15.5. The number of aliphatic carboxylic acids is 1. The highest BCUT2D eigenvalue weighted by atomic mass is 32.2. The summed E-state index contributed by atoms with van der Waals surface area (Å²) in [5.41, 5.74) is 0.866. The van der Waals surface area contributed by atoms with Crippen molar-refractivity contribution in [2.24, 2.45) is 0 Å². The van der Waals surface area contributed by atoms with Crippen molar-refractivity contribution in [3.8, 4) is 0 Å². The largest absolute Gasteiger partial charge is 0.480 e. The average Bonchev–Trinajstić information content (AvgIpc) is 3.31. The van der Waals surface area contributed by atoms with Gasteiger partial charge in [0.2, 0.25) is 15.9 Å². The van der Waals surface area contributed by atoms with Gasteiger partial charge in [0.25, 0.3) is 0 Å². The predicted molar refractivity (Wildman–Crippen MR) is 95.1 cm³/mol. The first-order chi connectivity index (χ1) is 12.4. The molecule has 1 atom stereocenters. The summed E-state index contributed by atoms with van der Waals surface area (Å²) >= 11 is 0. The number of amides is 1. The summed E-state index contributed by atoms with van der Waals surface area (Å²) in [5.74, 6) is -1.11. The summed E-state index contributed by atoms with van der Waals surface area (Å²) < 4.78 is 26.5. The monoisotopic (exact) mass is 380 g/mol. The fraction of sp³-hybridized carbons (Fsp3) is 0.556. The van der Waals surface area contributed by atoms with Crippen LogP contribution < -0.4 is 0 Å². The lowest BCUT2D eigenvalue weighted by Crippen LogP contribution is -2.40. The van der Waals surface area contributed by atoms with Gasteiger partial charge in [-0.1, -0.05) is 12.1 Å². The average molecular weight is 380 g/mol. The smallest absolute Gasteiger partial charge is 0.326 e. The Morgan fingerprint density at radius 2 is 1.69 bits per heavy atom. The lowest BCUT2D eigenvalue weighted by Gasteiger charge is -2.21. The predicted octanol–water partition coefficient (Wildman–Crippen LogP) is 1.48. The second-order valence-electron chi connectivity index (χ2n) is 6.84. The van der Waals surface area contributed by atoms with Gasteiger partial charge in [-0.3, -0.25) is 4.79 Å². The Hall–Kier alpha value is -1.93. The number of nitrogens with zero attached hydrogens (tertiary/aromatic N) is 2. The highest BCUT2D eigenvalue weighted by Gasteiger charge is 2.33. The minimum Gasteiger partial charge on any atom is -0.480 e. The van der Waals surface area contributed by atoms with Crippen molar-refractivity contribution in [1.29, 1.82) is 0 Å². The molecule has 1 aromatic carbocycles. The van der Waals surface area contributed by atoms with E-state index in [1.807, 2.05) is 0 Å². The maximum absolute atomic E-state index is 12.5. The molecule has 2 heterocycles. The van der Waals surface area contributed by atoms with Crippen LogP contribution in [0, 0.1) is 0 Å². The quantitative estimate of drug-likeness (QED) is 0.807. The second-order valence-corrected chi connectivity index (χ2v) is 8.78. The second kappa shape index (κ2) is 7.75. The van der Waals surface area contributed by atoms with Crippen LogP contribution in [-0.2, 0) is 26.0 Å². The van der Waals surface area contributed by atoms with Crippen molar-refractivity contribution in [2.45, 2.75) is 49.5 Å². The normalized spacial score (nSPS) is 21.2. The van der Waals surface area contributed by atoms with Crippen molar-refractivity contribution in [3.63, 3.8) is 0 Å². The van der Waals surface area contributed by atoms with Gasteiger partial charge in [-0.25, -0.2) is 13.2 Å². The molecule has 1 N–H and O–H groups in total. The standard InChI is InChI=1S/C18H24N2O5S/c21-17(20-13-3-4-16(20)18(22)23)10-7-14-5-8-15(9-6-14)26(24,25)19-11-1-2-12-19/h5-6,8-9,16H,1-4,7,10-13H2,(H,22,23)/t16-/m0/s1. The summed E-state index contributed by atoms with van der Waals surface area (Å²) in [6, 6.07) is 5.92. The zero-order chi connectivity index (χ0) is 18.7. The van der Waals surface area contributed by atoms with Gasteiger partial charge in [0.1, 0.15) is 6.04 Å². The van der Waals surface area contributed by atoms with E-state index in [9.17, 15) is 18.0 Å². The van der Waals surface area contributed by atoms with Crippen LogP contribution in [0.1, 0.15) is 37.7 Å². The lowest BCUT2D eigenvalue weighted by atomic mass is 10.1. The molecule has 0 aromatic heterocycles. The molecule has 2 aliphatic heterocycles. The number of likely N-dealkylation sites (tertiary alicyclic amines) is 1. The first-order valence-electron chi connectivity index (χ1n) is 9.01. The van der Waals surface area contributed by atoms with Crippen molar-refractivity contribution >= 4 is 21.9 Å². The van der Waals surface area contributed by atoms with Crippen LogP contribution >= 0.6 is 0 Å². The minimum absolute atomic E-state index is 0.163. The lowest BCUT2D eigenvalue weighted by molar-refractivity contribution is -0.148. The fourth-order valence-electron chi connectivity index (χ4n) is 3.62. The number of aryl methyl sites for hydroxylation is 1. The molecule has 1 aromatic rings. The number of sulfonamides is 1. The van der Waals surface area contributed by atoms with E-state index in [0.29, 0.717) is 38.9 Å². The fourth-order valence-corrected chi connectivity index (χ4v) is 5.14. The maximum atomic E-state index is 12.5. The molecule has 142 valence electrons. The first kappa shape index (κ1) is 18.8. The summed E-state index contributed by atoms with van der Waals surface area (Å²) in [6.07, 6.45) is 3.70. The van der Waals surface area contributed by atoms with Crippen molar-refractivity contribution in [1.82, 2.24) is 9.21 Å². The van der Waals surface area contributed by atoms with E-state index >= 15 is 0 Å². The van der Waals surface area contributed by atoms with Crippen LogP contribution in [0.2, 0.25) is 0 Å². The summed E-state index contributed by atoms with van der Waals surface area (Å²) in [7, 11) is -3.42. The van der Waals surface area contributed by atoms with Crippen molar-refractivity contribution in [2.75, 3.05) is 19.6 Å². The number of carbonyl (C=O) groups is 2. The molecule has 8 heteroatoms. The van der Waals surface area contributed by atoms with E-state index in [-0.39, 0.29) is 17.2 Å². The number of rotatable bonds is 6. The number of hydrogen-bond acceptors (Lipinski definition) is 4. The molecule has 2 aliphatic rings. The zero-order valence-electron chi connectivity index (χ0n) is 14.6. The van der Waals surface area contributed by atoms with E-state index in [2.05, 4.69) is 0 Å². The first-order valence-corrected chi connectivity index (χ1v) is 10.4. The van der Waals surface area contributed by atoms with Crippen molar-refractivity contribution < 1.29 is 23.1 Å². The van der Waals surface area contributed by atoms with Crippen molar-refractivity contribution in [3.05, 3.63) is 29.8 Å². The minimum atomic E-state index is -3.42. The molecule has 0 spiro atoms. The van der Waals surface area contributed by atoms with E-state index in [0.717, 1.165) is 18.4 Å². The van der Waals surface area contributed by atoms with E-state index < -0.39 is 22.0 Å². The highest BCUT2D eigenvalue weighted by Crippen LogP contribution is 2.22. The molecule has 2 fully saturated rings. The third kappa shape index (κ3) is 3.91. The van der Waals surface area contributed by atoms with Crippen LogP contribution in [0.5, 0.6) is 0 Å². The van der Waals surface area contributed by atoms with Gasteiger partial charge in [0.05, 0.1) is 4.90 Å². The third-order valence-electron chi connectivity index (χ3n) is 5.11. The Morgan fingerprint density at radius 1 is 1.04 bits per heavy atom. The number of carbonyl (C=O) groups excluding carboxylic acids is 1. The van der Waals surface area contributed by atoms with E-state index in [4.69, 9.17) is 5.11 Å².